The first-order valence-electron chi connectivity index (χ1n) is 7.19. The molecule has 1 atom stereocenters. The van der Waals surface area contributed by atoms with Crippen LogP contribution in [-0.4, -0.2) is 23.9 Å². The molecule has 24 heavy (non-hydrogen) atoms. The molecule has 1 fully saturated rings. The van der Waals surface area contributed by atoms with Gasteiger partial charge in [-0.3, -0.25) is 9.59 Å². The summed E-state index contributed by atoms with van der Waals surface area (Å²) in [6.45, 7) is 0. The summed E-state index contributed by atoms with van der Waals surface area (Å²) in [5.74, 6) is -1.90. The zero-order valence-electron chi connectivity index (χ0n) is 12.7. The number of hydrogen-bond donors (Lipinski definition) is 2. The van der Waals surface area contributed by atoms with Gasteiger partial charge in [0.25, 0.3) is 11.7 Å². The van der Waals surface area contributed by atoms with Crippen molar-refractivity contribution in [1.29, 1.82) is 0 Å². The molecule has 1 unspecified atom stereocenters. The van der Waals surface area contributed by atoms with Crippen LogP contribution in [0.25, 0.3) is 5.76 Å². The molecule has 5 nitrogen and oxygen atoms in total. The van der Waals surface area contributed by atoms with Crippen LogP contribution in [0.2, 0.25) is 0 Å². The summed E-state index contributed by atoms with van der Waals surface area (Å²) in [5, 5.41) is 13.0. The van der Waals surface area contributed by atoms with Crippen molar-refractivity contribution in [1.82, 2.24) is 5.32 Å². The highest BCUT2D eigenvalue weighted by Crippen LogP contribution is 2.33. The molecule has 1 aliphatic heterocycles. The molecule has 0 bridgehead atoms. The summed E-state index contributed by atoms with van der Waals surface area (Å²) in [5.41, 5.74) is 0.636. The third kappa shape index (κ3) is 2.74. The highest BCUT2D eigenvalue weighted by molar-refractivity contribution is 6.46. The number of benzene rings is 2. The maximum Gasteiger partial charge on any atom is 0.293 e. The molecule has 3 rings (SSSR count). The second-order valence-electron chi connectivity index (χ2n) is 5.28. The Hall–Kier alpha value is -3.15. The molecule has 0 aliphatic carbocycles. The largest absolute Gasteiger partial charge is 0.507 e. The zero-order valence-corrected chi connectivity index (χ0v) is 12.7. The Morgan fingerprint density at radius 1 is 1.17 bits per heavy atom. The van der Waals surface area contributed by atoms with Gasteiger partial charge in [0.05, 0.1) is 18.7 Å². The molecule has 2 aromatic rings. The van der Waals surface area contributed by atoms with E-state index in [1.807, 2.05) is 0 Å². The van der Waals surface area contributed by atoms with Crippen molar-refractivity contribution in [3.63, 3.8) is 0 Å². The van der Waals surface area contributed by atoms with E-state index in [1.165, 1.54) is 25.3 Å². The van der Waals surface area contributed by atoms with Crippen LogP contribution in [0.1, 0.15) is 17.2 Å². The lowest BCUT2D eigenvalue weighted by Crippen LogP contribution is -2.21. The predicted molar refractivity (Wildman–Crippen MR) is 84.8 cm³/mol. The fraction of sp³-hybridized carbons (Fsp3) is 0.111. The van der Waals surface area contributed by atoms with Crippen molar-refractivity contribution < 1.29 is 23.8 Å². The van der Waals surface area contributed by atoms with Crippen LogP contribution in [0.15, 0.2) is 54.1 Å². The van der Waals surface area contributed by atoms with Crippen molar-refractivity contribution in [2.24, 2.45) is 0 Å². The summed E-state index contributed by atoms with van der Waals surface area (Å²) >= 11 is 0. The fourth-order valence-corrected chi connectivity index (χ4v) is 2.61. The number of aliphatic hydroxyl groups is 1. The first kappa shape index (κ1) is 15.7. The summed E-state index contributed by atoms with van der Waals surface area (Å²) in [4.78, 5) is 23.9. The van der Waals surface area contributed by atoms with Gasteiger partial charge in [0.15, 0.2) is 0 Å². The molecule has 6 heteroatoms. The second kappa shape index (κ2) is 6.16. The Morgan fingerprint density at radius 2 is 1.88 bits per heavy atom. The number of amides is 1. The predicted octanol–water partition coefficient (Wildman–Crippen LogP) is 2.54. The van der Waals surface area contributed by atoms with Crippen LogP contribution in [0.4, 0.5) is 4.39 Å². The van der Waals surface area contributed by atoms with E-state index in [-0.39, 0.29) is 11.3 Å². The van der Waals surface area contributed by atoms with E-state index in [4.69, 9.17) is 4.74 Å². The summed E-state index contributed by atoms with van der Waals surface area (Å²) in [7, 11) is 1.51. The Bertz CT molecular complexity index is 842. The van der Waals surface area contributed by atoms with E-state index >= 15 is 0 Å². The number of rotatable bonds is 3. The summed E-state index contributed by atoms with van der Waals surface area (Å²) in [6, 6.07) is 11.0. The molecular formula is C18H14FNO4. The fourth-order valence-electron chi connectivity index (χ4n) is 2.61. The average Bonchev–Trinajstić information content (AvgIpc) is 2.89. The standard InChI is InChI=1S/C18H14FNO4/c1-24-13-7-5-10(6-8-13)16(21)14-15(20-18(23)17(14)22)11-3-2-4-12(19)9-11/h2-9,15,21H,1H3,(H,20,23). The third-order valence-electron chi connectivity index (χ3n) is 3.82. The number of carbonyl (C=O) groups is 2. The lowest BCUT2D eigenvalue weighted by atomic mass is 9.96. The maximum atomic E-state index is 13.5. The Kier molecular flexibility index (Phi) is 4.04. The number of methoxy groups -OCH3 is 1. The highest BCUT2D eigenvalue weighted by Gasteiger charge is 2.39. The number of hydrogen-bond acceptors (Lipinski definition) is 4. The smallest absolute Gasteiger partial charge is 0.293 e. The zero-order chi connectivity index (χ0) is 17.3. The molecule has 0 aromatic heterocycles. The summed E-state index contributed by atoms with van der Waals surface area (Å²) < 4.78 is 18.5. The van der Waals surface area contributed by atoms with Crippen LogP contribution >= 0.6 is 0 Å². The van der Waals surface area contributed by atoms with Gasteiger partial charge in [0.2, 0.25) is 0 Å². The number of carbonyl (C=O) groups excluding carboxylic acids is 2. The monoisotopic (exact) mass is 327 g/mol. The SMILES string of the molecule is COc1ccc(C(O)=C2C(=O)C(=O)NC2c2cccc(F)c2)cc1. The van der Waals surface area contributed by atoms with Crippen LogP contribution in [0.5, 0.6) is 5.75 Å². The van der Waals surface area contributed by atoms with Gasteiger partial charge in [0, 0.05) is 5.56 Å². The number of ketones is 1. The maximum absolute atomic E-state index is 13.5. The minimum atomic E-state index is -0.900. The second-order valence-corrected chi connectivity index (χ2v) is 5.28. The first-order chi connectivity index (χ1) is 11.5. The van der Waals surface area contributed by atoms with Gasteiger partial charge in [0.1, 0.15) is 17.3 Å². The number of nitrogens with one attached hydrogen (secondary N) is 1. The molecule has 1 heterocycles. The highest BCUT2D eigenvalue weighted by atomic mass is 19.1. The normalized spacial score (nSPS) is 19.2. The van der Waals surface area contributed by atoms with E-state index < -0.39 is 23.5 Å². The number of aliphatic hydroxyl groups excluding tert-OH is 1. The topological polar surface area (TPSA) is 75.6 Å². The van der Waals surface area contributed by atoms with E-state index in [0.717, 1.165) is 0 Å². The van der Waals surface area contributed by atoms with E-state index in [9.17, 15) is 19.1 Å². The van der Waals surface area contributed by atoms with Gasteiger partial charge in [-0.15, -0.1) is 0 Å². The molecule has 1 aliphatic rings. The lowest BCUT2D eigenvalue weighted by Gasteiger charge is -2.14. The van der Waals surface area contributed by atoms with Crippen molar-refractivity contribution in [3.05, 3.63) is 71.0 Å². The van der Waals surface area contributed by atoms with E-state index in [1.54, 1.807) is 30.3 Å². The van der Waals surface area contributed by atoms with Crippen molar-refractivity contribution in [2.75, 3.05) is 7.11 Å². The molecule has 0 spiro atoms. The minimum absolute atomic E-state index is 0.101. The van der Waals surface area contributed by atoms with Crippen molar-refractivity contribution in [2.45, 2.75) is 6.04 Å². The molecular weight excluding hydrogens is 313 g/mol. The molecule has 0 saturated carbocycles. The lowest BCUT2D eigenvalue weighted by molar-refractivity contribution is -0.133. The van der Waals surface area contributed by atoms with Crippen LogP contribution in [0, 0.1) is 5.82 Å². The molecule has 1 amide bonds. The van der Waals surface area contributed by atoms with Crippen LogP contribution < -0.4 is 10.1 Å². The van der Waals surface area contributed by atoms with Gasteiger partial charge >= 0.3 is 0 Å². The van der Waals surface area contributed by atoms with Crippen molar-refractivity contribution >= 4 is 17.4 Å². The molecule has 122 valence electrons. The minimum Gasteiger partial charge on any atom is -0.507 e. The Labute approximate surface area is 137 Å². The van der Waals surface area contributed by atoms with Crippen LogP contribution in [0.3, 0.4) is 0 Å². The Morgan fingerprint density at radius 3 is 2.50 bits per heavy atom. The van der Waals surface area contributed by atoms with Gasteiger partial charge in [-0.1, -0.05) is 12.1 Å². The number of Topliss-reactive ketones (excluding diaryl/α,β-unsaturated/α-hetero) is 1. The Balaban J connectivity index is 2.09. The number of halogens is 1. The summed E-state index contributed by atoms with van der Waals surface area (Å²) in [6.07, 6.45) is 0. The number of ether oxygens (including phenoxy) is 1. The van der Waals surface area contributed by atoms with Gasteiger partial charge < -0.3 is 15.2 Å². The third-order valence-corrected chi connectivity index (χ3v) is 3.82. The van der Waals surface area contributed by atoms with E-state index in [0.29, 0.717) is 16.9 Å². The van der Waals surface area contributed by atoms with Crippen LogP contribution in [-0.2, 0) is 9.59 Å². The molecule has 0 radical (unpaired) electrons. The quantitative estimate of drug-likeness (QED) is 0.516. The molecule has 2 aromatic carbocycles. The van der Waals surface area contributed by atoms with Crippen molar-refractivity contribution in [3.8, 4) is 5.75 Å². The molecule has 2 N–H and O–H groups in total. The van der Waals surface area contributed by atoms with Gasteiger partial charge in [-0.2, -0.15) is 0 Å². The van der Waals surface area contributed by atoms with Gasteiger partial charge in [-0.25, -0.2) is 4.39 Å². The average molecular weight is 327 g/mol. The molecule has 1 saturated heterocycles. The van der Waals surface area contributed by atoms with Gasteiger partial charge in [-0.05, 0) is 42.0 Å². The van der Waals surface area contributed by atoms with E-state index in [2.05, 4.69) is 5.32 Å². The first-order valence-corrected chi connectivity index (χ1v) is 7.19.